The van der Waals surface area contributed by atoms with Gasteiger partial charge in [-0.1, -0.05) is 0 Å². The van der Waals surface area contributed by atoms with E-state index in [4.69, 9.17) is 0 Å². The fourth-order valence-corrected chi connectivity index (χ4v) is 4.77. The Bertz CT molecular complexity index is 1220. The molecule has 7 nitrogen and oxygen atoms in total. The second-order valence-electron chi connectivity index (χ2n) is 8.84. The molecule has 2 aliphatic heterocycles. The first-order chi connectivity index (χ1) is 16.3. The number of amides is 2. The quantitative estimate of drug-likeness (QED) is 0.572. The van der Waals surface area contributed by atoms with Gasteiger partial charge in [0.15, 0.2) is 5.65 Å². The van der Waals surface area contributed by atoms with Crippen molar-refractivity contribution in [1.82, 2.24) is 19.5 Å². The van der Waals surface area contributed by atoms with Crippen molar-refractivity contribution >= 4 is 23.1 Å². The van der Waals surface area contributed by atoms with Gasteiger partial charge in [0, 0.05) is 49.4 Å². The maximum Gasteiger partial charge on any atom is 0.417 e. The summed E-state index contributed by atoms with van der Waals surface area (Å²) in [5, 5.41) is 8.16. The number of nitrogens with zero attached hydrogens (tertiary/aromatic N) is 5. The molecule has 2 aliphatic rings. The summed E-state index contributed by atoms with van der Waals surface area (Å²) in [5.74, 6) is 0.156. The second kappa shape index (κ2) is 8.73. The predicted molar refractivity (Wildman–Crippen MR) is 119 cm³/mol. The number of rotatable bonds is 3. The Kier molecular flexibility index (Phi) is 5.75. The summed E-state index contributed by atoms with van der Waals surface area (Å²) in [6, 6.07) is 9.34. The molecular weight excluding hydrogens is 447 g/mol. The Morgan fingerprint density at radius 3 is 2.50 bits per heavy atom. The van der Waals surface area contributed by atoms with Crippen LogP contribution in [0.2, 0.25) is 0 Å². The molecule has 0 aliphatic carbocycles. The van der Waals surface area contributed by atoms with Gasteiger partial charge in [-0.2, -0.15) is 13.2 Å². The van der Waals surface area contributed by atoms with E-state index >= 15 is 0 Å². The first kappa shape index (κ1) is 22.4. The van der Waals surface area contributed by atoms with E-state index in [0.29, 0.717) is 55.9 Å². The topological polar surface area (TPSA) is 70.8 Å². The number of alkyl halides is 3. The molecule has 2 saturated heterocycles. The van der Waals surface area contributed by atoms with Gasteiger partial charge in [0.05, 0.1) is 5.56 Å². The highest BCUT2D eigenvalue weighted by atomic mass is 19.4. The molecule has 0 bridgehead atoms. The minimum atomic E-state index is -4.46. The summed E-state index contributed by atoms with van der Waals surface area (Å²) in [7, 11) is 0. The monoisotopic (exact) mass is 471 g/mol. The van der Waals surface area contributed by atoms with Crippen LogP contribution in [0.15, 0.2) is 42.6 Å². The van der Waals surface area contributed by atoms with Crippen molar-refractivity contribution in [2.45, 2.75) is 44.2 Å². The maximum atomic E-state index is 13.2. The number of pyridine rings is 1. The third kappa shape index (κ3) is 4.24. The van der Waals surface area contributed by atoms with E-state index in [9.17, 15) is 22.8 Å². The molecule has 5 rings (SSSR count). The van der Waals surface area contributed by atoms with Gasteiger partial charge < -0.3 is 9.80 Å². The number of fused-ring (bicyclic) bond motifs is 1. The lowest BCUT2D eigenvalue weighted by Gasteiger charge is -2.32. The summed E-state index contributed by atoms with van der Waals surface area (Å²) < 4.78 is 41.0. The summed E-state index contributed by atoms with van der Waals surface area (Å²) in [4.78, 5) is 28.8. The van der Waals surface area contributed by atoms with E-state index < -0.39 is 11.7 Å². The molecule has 1 aromatic carbocycles. The van der Waals surface area contributed by atoms with E-state index in [1.165, 1.54) is 10.5 Å². The zero-order valence-corrected chi connectivity index (χ0v) is 18.5. The van der Waals surface area contributed by atoms with Gasteiger partial charge in [-0.05, 0) is 62.1 Å². The van der Waals surface area contributed by atoms with Crippen molar-refractivity contribution in [3.8, 4) is 0 Å². The van der Waals surface area contributed by atoms with Crippen molar-refractivity contribution in [3.05, 3.63) is 59.5 Å². The van der Waals surface area contributed by atoms with Crippen molar-refractivity contribution in [1.29, 1.82) is 0 Å². The second-order valence-corrected chi connectivity index (χ2v) is 8.84. The minimum Gasteiger partial charge on any atom is -0.338 e. The number of benzene rings is 1. The molecule has 34 heavy (non-hydrogen) atoms. The molecule has 0 saturated carbocycles. The molecule has 2 fully saturated rings. The van der Waals surface area contributed by atoms with Crippen LogP contribution < -0.4 is 4.90 Å². The average molecular weight is 471 g/mol. The van der Waals surface area contributed by atoms with Gasteiger partial charge in [-0.3, -0.25) is 14.0 Å². The molecule has 3 aromatic rings. The number of anilines is 1. The molecule has 1 atom stereocenters. The first-order valence-corrected chi connectivity index (χ1v) is 11.4. The first-order valence-electron chi connectivity index (χ1n) is 11.4. The van der Waals surface area contributed by atoms with Crippen LogP contribution in [0.25, 0.3) is 5.65 Å². The van der Waals surface area contributed by atoms with Crippen LogP contribution >= 0.6 is 0 Å². The number of carbonyl (C=O) groups is 2. The van der Waals surface area contributed by atoms with Gasteiger partial charge in [-0.15, -0.1) is 10.2 Å². The Hall–Kier alpha value is -3.43. The predicted octanol–water partition coefficient (Wildman–Crippen LogP) is 4.28. The maximum absolute atomic E-state index is 13.2. The molecule has 1 unspecified atom stereocenters. The summed E-state index contributed by atoms with van der Waals surface area (Å²) >= 11 is 0. The molecule has 0 radical (unpaired) electrons. The Morgan fingerprint density at radius 2 is 1.76 bits per heavy atom. The third-order valence-corrected chi connectivity index (χ3v) is 6.58. The summed E-state index contributed by atoms with van der Waals surface area (Å²) in [6.45, 7) is 1.59. The number of piperidine rings is 2. The SMILES string of the molecule is O=C(c1ccc(N2CCCCC2=O)cc1)N1CCCC(c2nnc3ccc(C(F)(F)F)cn23)C1. The van der Waals surface area contributed by atoms with E-state index in [-0.39, 0.29) is 17.7 Å². The molecule has 0 N–H and O–H groups in total. The van der Waals surface area contributed by atoms with Crippen LogP contribution in [0, 0.1) is 0 Å². The number of aromatic nitrogens is 3. The third-order valence-electron chi connectivity index (χ3n) is 6.58. The molecule has 10 heteroatoms. The van der Waals surface area contributed by atoms with E-state index in [1.807, 2.05) is 0 Å². The smallest absolute Gasteiger partial charge is 0.338 e. The van der Waals surface area contributed by atoms with Gasteiger partial charge in [0.2, 0.25) is 5.91 Å². The molecule has 0 spiro atoms. The minimum absolute atomic E-state index is 0.0958. The zero-order valence-electron chi connectivity index (χ0n) is 18.5. The van der Waals surface area contributed by atoms with E-state index in [1.54, 1.807) is 34.1 Å². The highest BCUT2D eigenvalue weighted by Crippen LogP contribution is 2.32. The Labute approximate surface area is 194 Å². The van der Waals surface area contributed by atoms with E-state index in [0.717, 1.165) is 30.8 Å². The fraction of sp³-hybridized carbons (Fsp3) is 0.417. The molecule has 4 heterocycles. The molecule has 2 aromatic heterocycles. The molecule has 178 valence electrons. The fourth-order valence-electron chi connectivity index (χ4n) is 4.77. The number of hydrogen-bond acceptors (Lipinski definition) is 4. The van der Waals surface area contributed by atoms with Crippen molar-refractivity contribution in [2.75, 3.05) is 24.5 Å². The number of carbonyl (C=O) groups excluding carboxylic acids is 2. The van der Waals surface area contributed by atoms with Crippen LogP contribution in [0.3, 0.4) is 0 Å². The van der Waals surface area contributed by atoms with Crippen molar-refractivity contribution < 1.29 is 22.8 Å². The molecule has 2 amide bonds. The number of hydrogen-bond donors (Lipinski definition) is 0. The van der Waals surface area contributed by atoms with Gasteiger partial charge >= 0.3 is 6.18 Å². The lowest BCUT2D eigenvalue weighted by atomic mass is 9.96. The highest BCUT2D eigenvalue weighted by Gasteiger charge is 2.33. The standard InChI is InChI=1S/C24H24F3N5O2/c25-24(26,27)18-8-11-20-28-29-22(32(20)15-18)17-4-3-12-30(14-17)23(34)16-6-9-19(10-7-16)31-13-2-1-5-21(31)33/h6-11,15,17H,1-5,12-14H2. The Balaban J connectivity index is 1.33. The average Bonchev–Trinajstić information content (AvgIpc) is 3.27. The highest BCUT2D eigenvalue weighted by molar-refractivity contribution is 5.97. The van der Waals surface area contributed by atoms with Crippen molar-refractivity contribution in [2.24, 2.45) is 0 Å². The van der Waals surface area contributed by atoms with Crippen LogP contribution in [0.1, 0.15) is 59.8 Å². The van der Waals surface area contributed by atoms with Crippen LogP contribution in [0.4, 0.5) is 18.9 Å². The van der Waals surface area contributed by atoms with Crippen LogP contribution in [-0.4, -0.2) is 50.9 Å². The van der Waals surface area contributed by atoms with Gasteiger partial charge in [0.1, 0.15) is 5.82 Å². The molecular formula is C24H24F3N5O2. The lowest BCUT2D eigenvalue weighted by Crippen LogP contribution is -2.39. The number of likely N-dealkylation sites (tertiary alicyclic amines) is 1. The lowest BCUT2D eigenvalue weighted by molar-refractivity contribution is -0.137. The van der Waals surface area contributed by atoms with E-state index in [2.05, 4.69) is 10.2 Å². The summed E-state index contributed by atoms with van der Waals surface area (Å²) in [5.41, 5.74) is 0.874. The number of halogens is 3. The summed E-state index contributed by atoms with van der Waals surface area (Å²) in [6.07, 6.45) is 0.380. The van der Waals surface area contributed by atoms with Gasteiger partial charge in [0.25, 0.3) is 5.91 Å². The van der Waals surface area contributed by atoms with Gasteiger partial charge in [-0.25, -0.2) is 0 Å². The largest absolute Gasteiger partial charge is 0.417 e. The van der Waals surface area contributed by atoms with Crippen molar-refractivity contribution in [3.63, 3.8) is 0 Å². The normalized spacial score (nSPS) is 19.6. The van der Waals surface area contributed by atoms with Crippen LogP contribution in [-0.2, 0) is 11.0 Å². The Morgan fingerprint density at radius 1 is 0.971 bits per heavy atom. The zero-order chi connectivity index (χ0) is 23.9. The van der Waals surface area contributed by atoms with Crippen LogP contribution in [0.5, 0.6) is 0 Å².